The molecule has 0 aliphatic rings. The van der Waals surface area contributed by atoms with Crippen molar-refractivity contribution in [2.24, 2.45) is 0 Å². The molecule has 0 radical (unpaired) electrons. The Morgan fingerprint density at radius 2 is 1.93 bits per heavy atom. The van der Waals surface area contributed by atoms with E-state index in [0.717, 1.165) is 16.5 Å². The van der Waals surface area contributed by atoms with Gasteiger partial charge in [0.15, 0.2) is 0 Å². The standard InChI is InChI=1S/C21H17N3O3/c22-12-15-6-2-1-5-14(15)9-10-20(25)24-19(21(26)27)11-16-13-23-18-8-4-3-7-17(16)18/h1-10,13,19,23H,11H2,(H,24,25)(H,26,27)/b10-9+/t19-/m0/s1. The predicted octanol–water partition coefficient (Wildman–Crippen LogP) is 2.86. The molecule has 3 rings (SSSR count). The van der Waals surface area contributed by atoms with Crippen molar-refractivity contribution in [3.05, 3.63) is 77.5 Å². The molecule has 134 valence electrons. The van der Waals surface area contributed by atoms with Crippen LogP contribution in [-0.2, 0) is 16.0 Å². The number of carbonyl (C=O) groups excluding carboxylic acids is 1. The van der Waals surface area contributed by atoms with Crippen LogP contribution >= 0.6 is 0 Å². The molecule has 0 unspecified atom stereocenters. The molecule has 3 aromatic rings. The van der Waals surface area contributed by atoms with E-state index in [-0.39, 0.29) is 6.42 Å². The van der Waals surface area contributed by atoms with Crippen molar-refractivity contribution in [2.75, 3.05) is 0 Å². The summed E-state index contributed by atoms with van der Waals surface area (Å²) in [4.78, 5) is 26.8. The van der Waals surface area contributed by atoms with Gasteiger partial charge in [0.25, 0.3) is 0 Å². The molecule has 1 atom stereocenters. The summed E-state index contributed by atoms with van der Waals surface area (Å²) in [6.07, 6.45) is 4.65. The molecular formula is C21H17N3O3. The first-order valence-electron chi connectivity index (χ1n) is 8.34. The third-order valence-electron chi connectivity index (χ3n) is 4.21. The summed E-state index contributed by atoms with van der Waals surface area (Å²) in [5.74, 6) is -1.64. The number of benzene rings is 2. The number of nitrogens with one attached hydrogen (secondary N) is 2. The number of nitrogens with zero attached hydrogens (tertiary/aromatic N) is 1. The topological polar surface area (TPSA) is 106 Å². The quantitative estimate of drug-likeness (QED) is 0.588. The molecule has 0 saturated heterocycles. The molecule has 0 aliphatic carbocycles. The first-order chi connectivity index (χ1) is 13.1. The summed E-state index contributed by atoms with van der Waals surface area (Å²) in [6, 6.07) is 15.4. The monoisotopic (exact) mass is 359 g/mol. The van der Waals surface area contributed by atoms with Gasteiger partial charge in [0.1, 0.15) is 6.04 Å². The van der Waals surface area contributed by atoms with Crippen molar-refractivity contribution >= 4 is 28.9 Å². The van der Waals surface area contributed by atoms with Gasteiger partial charge >= 0.3 is 5.97 Å². The lowest BCUT2D eigenvalue weighted by Gasteiger charge is -2.13. The van der Waals surface area contributed by atoms with Gasteiger partial charge in [-0.3, -0.25) is 4.79 Å². The van der Waals surface area contributed by atoms with Gasteiger partial charge in [0.2, 0.25) is 5.91 Å². The van der Waals surface area contributed by atoms with E-state index < -0.39 is 17.9 Å². The number of hydrogen-bond donors (Lipinski definition) is 3. The molecule has 6 nitrogen and oxygen atoms in total. The van der Waals surface area contributed by atoms with Crippen molar-refractivity contribution < 1.29 is 14.7 Å². The Morgan fingerprint density at radius 3 is 2.70 bits per heavy atom. The van der Waals surface area contributed by atoms with Gasteiger partial charge in [-0.15, -0.1) is 0 Å². The molecule has 1 heterocycles. The summed E-state index contributed by atoms with van der Waals surface area (Å²) < 4.78 is 0. The van der Waals surface area contributed by atoms with Gasteiger partial charge in [0.05, 0.1) is 11.6 Å². The zero-order chi connectivity index (χ0) is 19.2. The van der Waals surface area contributed by atoms with E-state index in [1.165, 1.54) is 12.2 Å². The van der Waals surface area contributed by atoms with Gasteiger partial charge in [-0.25, -0.2) is 4.79 Å². The molecule has 1 aromatic heterocycles. The number of aromatic amines is 1. The Bertz CT molecular complexity index is 1060. The lowest BCUT2D eigenvalue weighted by molar-refractivity contribution is -0.141. The summed E-state index contributed by atoms with van der Waals surface area (Å²) >= 11 is 0. The van der Waals surface area contributed by atoms with Gasteiger partial charge in [-0.2, -0.15) is 5.26 Å². The minimum absolute atomic E-state index is 0.160. The number of amides is 1. The third kappa shape index (κ3) is 4.22. The molecule has 0 fully saturated rings. The number of rotatable bonds is 6. The van der Waals surface area contributed by atoms with Crippen LogP contribution < -0.4 is 5.32 Å². The fourth-order valence-electron chi connectivity index (χ4n) is 2.85. The lowest BCUT2D eigenvalue weighted by atomic mass is 10.0. The highest BCUT2D eigenvalue weighted by molar-refractivity contribution is 5.95. The Labute approximate surface area is 155 Å². The summed E-state index contributed by atoms with van der Waals surface area (Å²) in [6.45, 7) is 0. The second-order valence-electron chi connectivity index (χ2n) is 6.00. The number of nitriles is 1. The van der Waals surface area contributed by atoms with Crippen LogP contribution in [0.2, 0.25) is 0 Å². The third-order valence-corrected chi connectivity index (χ3v) is 4.21. The molecule has 6 heteroatoms. The molecule has 27 heavy (non-hydrogen) atoms. The highest BCUT2D eigenvalue weighted by Crippen LogP contribution is 2.19. The Hall–Kier alpha value is -3.85. The van der Waals surface area contributed by atoms with Crippen molar-refractivity contribution in [3.63, 3.8) is 0 Å². The van der Waals surface area contributed by atoms with Crippen LogP contribution in [0.25, 0.3) is 17.0 Å². The second-order valence-corrected chi connectivity index (χ2v) is 6.00. The largest absolute Gasteiger partial charge is 0.480 e. The van der Waals surface area contributed by atoms with Gasteiger partial charge in [-0.05, 0) is 29.3 Å². The number of H-pyrrole nitrogens is 1. The molecule has 0 saturated carbocycles. The average Bonchev–Trinajstić information content (AvgIpc) is 3.09. The summed E-state index contributed by atoms with van der Waals surface area (Å²) in [5.41, 5.74) is 2.77. The van der Waals surface area contributed by atoms with E-state index in [9.17, 15) is 14.7 Å². The number of carboxylic acids is 1. The zero-order valence-corrected chi connectivity index (χ0v) is 14.3. The van der Waals surface area contributed by atoms with E-state index >= 15 is 0 Å². The van der Waals surface area contributed by atoms with E-state index in [2.05, 4.69) is 10.3 Å². The number of aliphatic carboxylic acids is 1. The smallest absolute Gasteiger partial charge is 0.326 e. The molecule has 0 aliphatic heterocycles. The second kappa shape index (κ2) is 8.02. The maximum atomic E-state index is 12.2. The minimum Gasteiger partial charge on any atom is -0.480 e. The van der Waals surface area contributed by atoms with Crippen molar-refractivity contribution in [2.45, 2.75) is 12.5 Å². The molecule has 1 amide bonds. The Balaban J connectivity index is 1.73. The highest BCUT2D eigenvalue weighted by Gasteiger charge is 2.21. The predicted molar refractivity (Wildman–Crippen MR) is 102 cm³/mol. The van der Waals surface area contributed by atoms with Crippen LogP contribution in [0, 0.1) is 11.3 Å². The number of carboxylic acid groups (broad SMARTS) is 1. The van der Waals surface area contributed by atoms with Gasteiger partial charge in [0, 0.05) is 29.6 Å². The number of fused-ring (bicyclic) bond motifs is 1. The van der Waals surface area contributed by atoms with Crippen LogP contribution in [0.4, 0.5) is 0 Å². The lowest BCUT2D eigenvalue weighted by Crippen LogP contribution is -2.41. The maximum Gasteiger partial charge on any atom is 0.326 e. The molecule has 0 bridgehead atoms. The van der Waals surface area contributed by atoms with E-state index in [1.54, 1.807) is 30.5 Å². The van der Waals surface area contributed by atoms with Crippen LogP contribution in [0.1, 0.15) is 16.7 Å². The normalized spacial score (nSPS) is 12.0. The number of para-hydroxylation sites is 1. The summed E-state index contributed by atoms with van der Waals surface area (Å²) in [5, 5.41) is 22.0. The number of aromatic nitrogens is 1. The maximum absolute atomic E-state index is 12.2. The van der Waals surface area contributed by atoms with Gasteiger partial charge in [-0.1, -0.05) is 36.4 Å². The van der Waals surface area contributed by atoms with Crippen molar-refractivity contribution in [3.8, 4) is 6.07 Å². The summed E-state index contributed by atoms with van der Waals surface area (Å²) in [7, 11) is 0. The number of carbonyl (C=O) groups is 2. The average molecular weight is 359 g/mol. The molecular weight excluding hydrogens is 342 g/mol. The Kier molecular flexibility index (Phi) is 5.33. The molecule has 3 N–H and O–H groups in total. The number of hydrogen-bond acceptors (Lipinski definition) is 3. The first-order valence-corrected chi connectivity index (χ1v) is 8.34. The molecule has 2 aromatic carbocycles. The Morgan fingerprint density at radius 1 is 1.19 bits per heavy atom. The highest BCUT2D eigenvalue weighted by atomic mass is 16.4. The first kappa shape index (κ1) is 18.0. The van der Waals surface area contributed by atoms with Crippen molar-refractivity contribution in [1.82, 2.24) is 10.3 Å². The van der Waals surface area contributed by atoms with Crippen LogP contribution in [-0.4, -0.2) is 28.0 Å². The SMILES string of the molecule is N#Cc1ccccc1/C=C/C(=O)N[C@@H](Cc1c[nH]c2ccccc12)C(=O)O. The van der Waals surface area contributed by atoms with E-state index in [1.807, 2.05) is 30.3 Å². The van der Waals surface area contributed by atoms with Crippen LogP contribution in [0.15, 0.2) is 60.8 Å². The zero-order valence-electron chi connectivity index (χ0n) is 14.3. The van der Waals surface area contributed by atoms with Crippen molar-refractivity contribution in [1.29, 1.82) is 5.26 Å². The molecule has 0 spiro atoms. The van der Waals surface area contributed by atoms with E-state index in [4.69, 9.17) is 5.26 Å². The fourth-order valence-corrected chi connectivity index (χ4v) is 2.85. The van der Waals surface area contributed by atoms with Crippen LogP contribution in [0.5, 0.6) is 0 Å². The fraction of sp³-hybridized carbons (Fsp3) is 0.0952. The minimum atomic E-state index is -1.11. The van der Waals surface area contributed by atoms with Gasteiger partial charge < -0.3 is 15.4 Å². The van der Waals surface area contributed by atoms with Crippen LogP contribution in [0.3, 0.4) is 0 Å². The van der Waals surface area contributed by atoms with E-state index in [0.29, 0.717) is 11.1 Å².